The van der Waals surface area contributed by atoms with Gasteiger partial charge in [-0.25, -0.2) is 0 Å². The maximum absolute atomic E-state index is 12.7. The Labute approximate surface area is 156 Å². The van der Waals surface area contributed by atoms with Crippen molar-refractivity contribution in [1.29, 1.82) is 0 Å². The van der Waals surface area contributed by atoms with E-state index in [0.717, 1.165) is 50.9 Å². The summed E-state index contributed by atoms with van der Waals surface area (Å²) in [6, 6.07) is 0.130. The Morgan fingerprint density at radius 3 is 2.56 bits per heavy atom. The smallest absolute Gasteiger partial charge is 0.238 e. The number of piperidine rings is 1. The lowest BCUT2D eigenvalue weighted by Gasteiger charge is -2.40. The lowest BCUT2D eigenvalue weighted by atomic mass is 9.87. The van der Waals surface area contributed by atoms with Crippen molar-refractivity contribution in [3.05, 3.63) is 0 Å². The Kier molecular flexibility index (Phi) is 6.31. The predicted molar refractivity (Wildman–Crippen MR) is 102 cm³/mol. The van der Waals surface area contributed by atoms with Gasteiger partial charge in [0.25, 0.3) is 0 Å². The molecule has 1 spiro atoms. The van der Waals surface area contributed by atoms with Crippen molar-refractivity contribution in [3.63, 3.8) is 0 Å². The molecular weight excluding hydrogens is 334 g/mol. The molecule has 0 aromatic heterocycles. The molecule has 2 atom stereocenters. The lowest BCUT2D eigenvalue weighted by Crippen LogP contribution is -2.55. The van der Waals surface area contributed by atoms with Gasteiger partial charge in [0.1, 0.15) is 0 Å². The second-order valence-corrected chi connectivity index (χ2v) is 9.38. The maximum Gasteiger partial charge on any atom is 0.238 e. The summed E-state index contributed by atoms with van der Waals surface area (Å²) in [5.41, 5.74) is 0. The summed E-state index contributed by atoms with van der Waals surface area (Å²) in [5.74, 6) is 1.60. The summed E-state index contributed by atoms with van der Waals surface area (Å²) in [4.78, 5) is 27.2. The Bertz CT molecular complexity index is 485. The molecule has 0 aromatic carbocycles. The second kappa shape index (κ2) is 8.30. The minimum absolute atomic E-state index is 0.0131. The Hall–Kier alpha value is -0.750. The van der Waals surface area contributed by atoms with E-state index >= 15 is 0 Å². The first-order valence-electron chi connectivity index (χ1n) is 10.0. The number of thioether (sulfide) groups is 1. The van der Waals surface area contributed by atoms with Crippen LogP contribution in [-0.2, 0) is 9.59 Å². The molecule has 2 amide bonds. The van der Waals surface area contributed by atoms with Crippen LogP contribution in [-0.4, -0.2) is 52.5 Å². The Morgan fingerprint density at radius 1 is 1.24 bits per heavy atom. The van der Waals surface area contributed by atoms with Gasteiger partial charge in [-0.3, -0.25) is 14.9 Å². The highest BCUT2D eigenvalue weighted by Crippen LogP contribution is 2.40. The van der Waals surface area contributed by atoms with Gasteiger partial charge >= 0.3 is 0 Å². The zero-order valence-corrected chi connectivity index (χ0v) is 16.5. The van der Waals surface area contributed by atoms with E-state index in [1.807, 2.05) is 18.7 Å². The largest absolute Gasteiger partial charge is 0.352 e. The number of hydrogen-bond acceptors (Lipinski definition) is 4. The molecule has 2 saturated heterocycles. The van der Waals surface area contributed by atoms with Gasteiger partial charge in [0, 0.05) is 30.8 Å². The third-order valence-corrected chi connectivity index (χ3v) is 7.70. The first-order valence-corrected chi connectivity index (χ1v) is 11.0. The number of rotatable bonds is 4. The summed E-state index contributed by atoms with van der Waals surface area (Å²) in [7, 11) is 0. The van der Waals surface area contributed by atoms with Crippen LogP contribution in [0.3, 0.4) is 0 Å². The van der Waals surface area contributed by atoms with Crippen molar-refractivity contribution in [3.8, 4) is 0 Å². The molecule has 0 aromatic rings. The number of nitrogens with one attached hydrogen (secondary N) is 2. The van der Waals surface area contributed by atoms with Gasteiger partial charge in [0.2, 0.25) is 11.8 Å². The van der Waals surface area contributed by atoms with E-state index in [2.05, 4.69) is 22.5 Å². The van der Waals surface area contributed by atoms with Crippen LogP contribution in [0.1, 0.15) is 65.2 Å². The first kappa shape index (κ1) is 19.0. The van der Waals surface area contributed by atoms with Crippen LogP contribution in [0, 0.1) is 5.92 Å². The molecule has 5 nitrogen and oxygen atoms in total. The van der Waals surface area contributed by atoms with Crippen LogP contribution in [0.25, 0.3) is 0 Å². The number of amides is 2. The summed E-state index contributed by atoms with van der Waals surface area (Å²) in [5, 5.41) is 6.67. The molecule has 6 heteroatoms. The highest BCUT2D eigenvalue weighted by Gasteiger charge is 2.45. The zero-order chi connectivity index (χ0) is 17.9. The van der Waals surface area contributed by atoms with Crippen LogP contribution < -0.4 is 10.6 Å². The molecule has 3 rings (SSSR count). The second-order valence-electron chi connectivity index (χ2n) is 7.98. The summed E-state index contributed by atoms with van der Waals surface area (Å²) in [6.45, 7) is 5.79. The van der Waals surface area contributed by atoms with E-state index in [1.165, 1.54) is 19.3 Å². The van der Waals surface area contributed by atoms with Gasteiger partial charge in [-0.1, -0.05) is 26.2 Å². The molecule has 0 radical (unpaired) electrons. The van der Waals surface area contributed by atoms with E-state index in [-0.39, 0.29) is 28.8 Å². The molecule has 0 bridgehead atoms. The number of nitrogens with zero attached hydrogens (tertiary/aromatic N) is 1. The molecule has 3 aliphatic rings. The number of hydrogen-bond donors (Lipinski definition) is 2. The average Bonchev–Trinajstić information content (AvgIpc) is 3.06. The van der Waals surface area contributed by atoms with E-state index in [4.69, 9.17) is 0 Å². The summed E-state index contributed by atoms with van der Waals surface area (Å²) >= 11 is 1.88. The van der Waals surface area contributed by atoms with E-state index < -0.39 is 0 Å². The lowest BCUT2D eigenvalue weighted by molar-refractivity contribution is -0.138. The highest BCUT2D eigenvalue weighted by molar-refractivity contribution is 8.01. The summed E-state index contributed by atoms with van der Waals surface area (Å²) < 4.78 is 0. The Balaban J connectivity index is 1.48. The molecule has 2 heterocycles. The number of carbonyl (C=O) groups is 2. The van der Waals surface area contributed by atoms with Gasteiger partial charge in [0.05, 0.1) is 10.9 Å². The normalized spacial score (nSPS) is 28.1. The van der Waals surface area contributed by atoms with Crippen LogP contribution in [0.4, 0.5) is 0 Å². The molecule has 142 valence electrons. The van der Waals surface area contributed by atoms with Gasteiger partial charge in [0.15, 0.2) is 0 Å². The van der Waals surface area contributed by atoms with Gasteiger partial charge in [-0.15, -0.1) is 11.8 Å². The highest BCUT2D eigenvalue weighted by atomic mass is 32.2. The molecule has 1 aliphatic carbocycles. The fourth-order valence-electron chi connectivity index (χ4n) is 4.22. The van der Waals surface area contributed by atoms with Crippen molar-refractivity contribution in [2.24, 2.45) is 5.92 Å². The van der Waals surface area contributed by atoms with Crippen molar-refractivity contribution in [2.75, 3.05) is 18.8 Å². The Morgan fingerprint density at radius 2 is 1.92 bits per heavy atom. The fraction of sp³-hybridized carbons (Fsp3) is 0.895. The van der Waals surface area contributed by atoms with Crippen LogP contribution in [0.5, 0.6) is 0 Å². The predicted octanol–water partition coefficient (Wildman–Crippen LogP) is 2.51. The first-order chi connectivity index (χ1) is 12.0. The molecule has 2 aliphatic heterocycles. The molecule has 1 saturated carbocycles. The van der Waals surface area contributed by atoms with Crippen LogP contribution in [0.2, 0.25) is 0 Å². The average molecular weight is 368 g/mol. The molecule has 3 fully saturated rings. The molecule has 25 heavy (non-hydrogen) atoms. The van der Waals surface area contributed by atoms with Crippen LogP contribution >= 0.6 is 11.8 Å². The van der Waals surface area contributed by atoms with Gasteiger partial charge in [-0.05, 0) is 39.0 Å². The third kappa shape index (κ3) is 4.51. The molecule has 2 N–H and O–H groups in total. The van der Waals surface area contributed by atoms with Gasteiger partial charge < -0.3 is 10.2 Å². The standard InChI is InChI=1S/C19H33N3O2S/c1-3-14(2)20-17(23)16-13-25-19(21-16)9-11-22(12-10-19)18(24)15-7-5-4-6-8-15/h14-16,21H,3-13H2,1-2H3,(H,20,23)/t14-,16+/m1/s1. The van der Waals surface area contributed by atoms with E-state index in [9.17, 15) is 9.59 Å². The summed E-state index contributed by atoms with van der Waals surface area (Å²) in [6.07, 6.45) is 8.70. The van der Waals surface area contributed by atoms with Crippen molar-refractivity contribution >= 4 is 23.6 Å². The van der Waals surface area contributed by atoms with E-state index in [1.54, 1.807) is 0 Å². The monoisotopic (exact) mass is 367 g/mol. The van der Waals surface area contributed by atoms with E-state index in [0.29, 0.717) is 5.91 Å². The number of likely N-dealkylation sites (tertiary alicyclic amines) is 1. The van der Waals surface area contributed by atoms with Crippen LogP contribution in [0.15, 0.2) is 0 Å². The van der Waals surface area contributed by atoms with Gasteiger partial charge in [-0.2, -0.15) is 0 Å². The topological polar surface area (TPSA) is 61.4 Å². The third-order valence-electron chi connectivity index (χ3n) is 6.12. The number of carbonyl (C=O) groups excluding carboxylic acids is 2. The van der Waals surface area contributed by atoms with Crippen molar-refractivity contribution in [1.82, 2.24) is 15.5 Å². The SMILES string of the molecule is CC[C@@H](C)NC(=O)[C@@H]1CSC2(CCN(C(=O)C3CCCCC3)CC2)N1. The molecular formula is C19H33N3O2S. The minimum atomic E-state index is -0.0976. The zero-order valence-electron chi connectivity index (χ0n) is 15.7. The fourth-order valence-corrected chi connectivity index (χ4v) is 5.63. The van der Waals surface area contributed by atoms with Crippen molar-refractivity contribution in [2.45, 2.75) is 82.2 Å². The van der Waals surface area contributed by atoms with Crippen molar-refractivity contribution < 1.29 is 9.59 Å². The quantitative estimate of drug-likeness (QED) is 0.801. The molecule has 0 unspecified atom stereocenters. The minimum Gasteiger partial charge on any atom is -0.352 e. The maximum atomic E-state index is 12.7.